The molecule has 2 aromatic rings. The summed E-state index contributed by atoms with van der Waals surface area (Å²) in [5.74, 6) is 0.00671. The first kappa shape index (κ1) is 16.3. The zero-order valence-corrected chi connectivity index (χ0v) is 14.7. The Balaban J connectivity index is 1.85. The molecule has 0 N–H and O–H groups in total. The van der Waals surface area contributed by atoms with Crippen molar-refractivity contribution in [1.82, 2.24) is 9.47 Å². The summed E-state index contributed by atoms with van der Waals surface area (Å²) in [6.45, 7) is 6.25. The van der Waals surface area contributed by atoms with Gasteiger partial charge in [-0.25, -0.2) is 0 Å². The van der Waals surface area contributed by atoms with E-state index >= 15 is 0 Å². The van der Waals surface area contributed by atoms with E-state index in [2.05, 4.69) is 6.92 Å². The van der Waals surface area contributed by atoms with Gasteiger partial charge in [0.15, 0.2) is 0 Å². The number of nitrogens with zero attached hydrogens (tertiary/aromatic N) is 2. The molecule has 124 valence electrons. The van der Waals surface area contributed by atoms with Gasteiger partial charge < -0.3 is 14.2 Å². The summed E-state index contributed by atoms with van der Waals surface area (Å²) >= 11 is 6.49. The van der Waals surface area contributed by atoms with Gasteiger partial charge >= 0.3 is 0 Å². The number of hydrogen-bond donors (Lipinski definition) is 0. The van der Waals surface area contributed by atoms with Crippen molar-refractivity contribution in [3.8, 4) is 0 Å². The first-order valence-corrected chi connectivity index (χ1v) is 8.51. The minimum Gasteiger partial charge on any atom is -0.375 e. The summed E-state index contributed by atoms with van der Waals surface area (Å²) in [6.07, 6.45) is 1.71. The highest BCUT2D eigenvalue weighted by atomic mass is 35.5. The van der Waals surface area contributed by atoms with E-state index in [1.165, 1.54) is 0 Å². The van der Waals surface area contributed by atoms with Crippen LogP contribution in [0.3, 0.4) is 0 Å². The number of aromatic nitrogens is 1. The third kappa shape index (κ3) is 2.86. The molecule has 0 spiro atoms. The summed E-state index contributed by atoms with van der Waals surface area (Å²) < 4.78 is 7.73. The summed E-state index contributed by atoms with van der Waals surface area (Å²) in [4.78, 5) is 14.8. The monoisotopic (exact) mass is 334 g/mol. The number of ether oxygens (including phenoxy) is 1. The van der Waals surface area contributed by atoms with Gasteiger partial charge in [-0.2, -0.15) is 0 Å². The number of likely N-dealkylation sites (tertiary alicyclic amines) is 1. The van der Waals surface area contributed by atoms with Gasteiger partial charge in [0.25, 0.3) is 5.91 Å². The average Bonchev–Trinajstić information content (AvgIpc) is 2.79. The van der Waals surface area contributed by atoms with Crippen LogP contribution in [-0.4, -0.2) is 40.7 Å². The number of para-hydroxylation sites is 1. The standard InChI is InChI=1S/C18H23ClN2O2/c1-4-23-18(2)9-11-21(12-10-18)17(22)16-15(19)13-7-5-6-8-14(13)20(16)3/h5-8H,4,9-12H2,1-3H3. The van der Waals surface area contributed by atoms with Crippen molar-refractivity contribution in [1.29, 1.82) is 0 Å². The quantitative estimate of drug-likeness (QED) is 0.854. The Morgan fingerprint density at radius 3 is 2.57 bits per heavy atom. The molecule has 0 atom stereocenters. The summed E-state index contributed by atoms with van der Waals surface area (Å²) in [5, 5.41) is 1.47. The highest BCUT2D eigenvalue weighted by Crippen LogP contribution is 2.32. The first-order chi connectivity index (χ1) is 11.0. The van der Waals surface area contributed by atoms with E-state index in [0.29, 0.717) is 30.4 Å². The molecular weight excluding hydrogens is 312 g/mol. The van der Waals surface area contributed by atoms with Gasteiger partial charge in [0, 0.05) is 37.6 Å². The molecule has 1 amide bonds. The van der Waals surface area contributed by atoms with Crippen LogP contribution < -0.4 is 0 Å². The van der Waals surface area contributed by atoms with Crippen molar-refractivity contribution in [3.63, 3.8) is 0 Å². The minimum atomic E-state index is -0.117. The van der Waals surface area contributed by atoms with E-state index in [4.69, 9.17) is 16.3 Å². The van der Waals surface area contributed by atoms with E-state index < -0.39 is 0 Å². The molecule has 1 aliphatic heterocycles. The zero-order chi connectivity index (χ0) is 16.6. The number of carbonyl (C=O) groups excluding carboxylic acids is 1. The van der Waals surface area contributed by atoms with Gasteiger partial charge in [0.2, 0.25) is 0 Å². The maximum absolute atomic E-state index is 13.0. The van der Waals surface area contributed by atoms with Crippen molar-refractivity contribution >= 4 is 28.4 Å². The number of benzene rings is 1. The van der Waals surface area contributed by atoms with Crippen LogP contribution in [0.25, 0.3) is 10.9 Å². The maximum Gasteiger partial charge on any atom is 0.272 e. The fraction of sp³-hybridized carbons (Fsp3) is 0.500. The van der Waals surface area contributed by atoms with Crippen LogP contribution in [0.5, 0.6) is 0 Å². The fourth-order valence-corrected chi connectivity index (χ4v) is 3.78. The SMILES string of the molecule is CCOC1(C)CCN(C(=O)c2c(Cl)c3ccccc3n2C)CC1. The number of aryl methyl sites for hydroxylation is 1. The molecule has 3 rings (SSSR count). The Morgan fingerprint density at radius 2 is 1.96 bits per heavy atom. The first-order valence-electron chi connectivity index (χ1n) is 8.13. The van der Waals surface area contributed by atoms with E-state index in [-0.39, 0.29) is 11.5 Å². The molecule has 0 saturated carbocycles. The van der Waals surface area contributed by atoms with Crippen LogP contribution in [0.15, 0.2) is 24.3 Å². The van der Waals surface area contributed by atoms with Crippen molar-refractivity contribution in [3.05, 3.63) is 35.0 Å². The number of hydrogen-bond acceptors (Lipinski definition) is 2. The molecule has 0 radical (unpaired) electrons. The minimum absolute atomic E-state index is 0.00671. The Morgan fingerprint density at radius 1 is 1.30 bits per heavy atom. The van der Waals surface area contributed by atoms with E-state index in [1.54, 1.807) is 0 Å². The Labute approximate surface area is 142 Å². The number of amides is 1. The van der Waals surface area contributed by atoms with Crippen molar-refractivity contribution in [2.24, 2.45) is 7.05 Å². The van der Waals surface area contributed by atoms with E-state index in [1.807, 2.05) is 47.7 Å². The number of halogens is 1. The predicted molar refractivity (Wildman–Crippen MR) is 93.1 cm³/mol. The molecule has 1 saturated heterocycles. The lowest BCUT2D eigenvalue weighted by Crippen LogP contribution is -2.46. The van der Waals surface area contributed by atoms with Gasteiger partial charge in [-0.15, -0.1) is 0 Å². The van der Waals surface area contributed by atoms with Crippen LogP contribution in [-0.2, 0) is 11.8 Å². The molecule has 1 aliphatic rings. The summed E-state index contributed by atoms with van der Waals surface area (Å²) in [5.41, 5.74) is 1.44. The highest BCUT2D eigenvalue weighted by molar-refractivity contribution is 6.38. The molecule has 0 unspecified atom stereocenters. The Bertz CT molecular complexity index is 691. The normalized spacial score (nSPS) is 17.7. The number of piperidine rings is 1. The molecule has 5 heteroatoms. The van der Waals surface area contributed by atoms with Crippen molar-refractivity contribution in [2.75, 3.05) is 19.7 Å². The lowest BCUT2D eigenvalue weighted by Gasteiger charge is -2.39. The molecular formula is C18H23ClN2O2. The van der Waals surface area contributed by atoms with Gasteiger partial charge in [-0.3, -0.25) is 4.79 Å². The number of rotatable bonds is 3. The lowest BCUT2D eigenvalue weighted by molar-refractivity contribution is -0.0612. The Hall–Kier alpha value is -1.52. The van der Waals surface area contributed by atoms with Gasteiger partial charge in [-0.05, 0) is 32.8 Å². The van der Waals surface area contributed by atoms with Crippen molar-refractivity contribution < 1.29 is 9.53 Å². The second kappa shape index (κ2) is 6.17. The van der Waals surface area contributed by atoms with Crippen LogP contribution >= 0.6 is 11.6 Å². The molecule has 0 aliphatic carbocycles. The van der Waals surface area contributed by atoms with Crippen LogP contribution in [0.4, 0.5) is 0 Å². The molecule has 1 fully saturated rings. The zero-order valence-electron chi connectivity index (χ0n) is 13.9. The third-order valence-corrected chi connectivity index (χ3v) is 5.23. The maximum atomic E-state index is 13.0. The van der Waals surface area contributed by atoms with Crippen LogP contribution in [0, 0.1) is 0 Å². The number of carbonyl (C=O) groups is 1. The van der Waals surface area contributed by atoms with Gasteiger partial charge in [-0.1, -0.05) is 29.8 Å². The second-order valence-electron chi connectivity index (χ2n) is 6.41. The Kier molecular flexibility index (Phi) is 4.39. The fourth-order valence-electron chi connectivity index (χ4n) is 3.41. The predicted octanol–water partition coefficient (Wildman–Crippen LogP) is 3.86. The van der Waals surface area contributed by atoms with Gasteiger partial charge in [0.05, 0.1) is 10.6 Å². The average molecular weight is 335 g/mol. The van der Waals surface area contributed by atoms with Crippen molar-refractivity contribution in [2.45, 2.75) is 32.3 Å². The van der Waals surface area contributed by atoms with Crippen LogP contribution in [0.1, 0.15) is 37.2 Å². The molecule has 1 aromatic heterocycles. The highest BCUT2D eigenvalue weighted by Gasteiger charge is 2.34. The largest absolute Gasteiger partial charge is 0.375 e. The second-order valence-corrected chi connectivity index (χ2v) is 6.79. The summed E-state index contributed by atoms with van der Waals surface area (Å²) in [6, 6.07) is 7.84. The molecule has 23 heavy (non-hydrogen) atoms. The van der Waals surface area contributed by atoms with E-state index in [0.717, 1.165) is 23.7 Å². The number of fused-ring (bicyclic) bond motifs is 1. The topological polar surface area (TPSA) is 34.5 Å². The molecule has 4 nitrogen and oxygen atoms in total. The molecule has 1 aromatic carbocycles. The summed E-state index contributed by atoms with van der Waals surface area (Å²) in [7, 11) is 1.90. The van der Waals surface area contributed by atoms with Gasteiger partial charge in [0.1, 0.15) is 5.69 Å². The third-order valence-electron chi connectivity index (χ3n) is 4.85. The lowest BCUT2D eigenvalue weighted by atomic mass is 9.93. The van der Waals surface area contributed by atoms with Crippen LogP contribution in [0.2, 0.25) is 5.02 Å². The molecule has 0 bridgehead atoms. The van der Waals surface area contributed by atoms with E-state index in [9.17, 15) is 4.79 Å². The smallest absolute Gasteiger partial charge is 0.272 e. The molecule has 2 heterocycles.